The molecule has 2 atom stereocenters. The van der Waals surface area contributed by atoms with Crippen LogP contribution in [0.2, 0.25) is 0 Å². The van der Waals surface area contributed by atoms with E-state index in [1.165, 1.54) is 0 Å². The summed E-state index contributed by atoms with van der Waals surface area (Å²) < 4.78 is 14.3. The summed E-state index contributed by atoms with van der Waals surface area (Å²) in [6.07, 6.45) is 0.0946. The van der Waals surface area contributed by atoms with Crippen molar-refractivity contribution in [3.05, 3.63) is 12.3 Å². The Morgan fingerprint density at radius 3 is 2.42 bits per heavy atom. The third-order valence-corrected chi connectivity index (χ3v) is 2.34. The Labute approximate surface area is 108 Å². The Bertz CT molecular complexity index is 394. The summed E-state index contributed by atoms with van der Waals surface area (Å²) in [5.74, 6) is -1.64. The molecule has 110 valence electrons. The van der Waals surface area contributed by atoms with Gasteiger partial charge in [0.05, 0.1) is 6.61 Å². The van der Waals surface area contributed by atoms with E-state index in [0.29, 0.717) is 0 Å². The highest BCUT2D eigenvalue weighted by molar-refractivity contribution is 7.46. The number of carbonyl (C=O) groups is 2. The van der Waals surface area contributed by atoms with Crippen molar-refractivity contribution in [1.82, 2.24) is 5.32 Å². The highest BCUT2D eigenvalue weighted by Gasteiger charge is 2.25. The van der Waals surface area contributed by atoms with E-state index in [1.54, 1.807) is 0 Å². The molecule has 0 spiro atoms. The molecule has 0 rings (SSSR count). The summed E-state index contributed by atoms with van der Waals surface area (Å²) in [5.41, 5.74) is 10.2. The smallest absolute Gasteiger partial charge is 0.404 e. The van der Waals surface area contributed by atoms with Gasteiger partial charge in [0.2, 0.25) is 0 Å². The van der Waals surface area contributed by atoms with E-state index in [0.717, 1.165) is 12.3 Å². The van der Waals surface area contributed by atoms with Crippen molar-refractivity contribution < 1.29 is 33.6 Å². The summed E-state index contributed by atoms with van der Waals surface area (Å²) in [6, 6.07) is -1.10. The van der Waals surface area contributed by atoms with E-state index in [9.17, 15) is 19.3 Å². The molecule has 0 unspecified atom stereocenters. The lowest BCUT2D eigenvalue weighted by Crippen LogP contribution is -2.49. The lowest BCUT2D eigenvalue weighted by Gasteiger charge is -2.17. The van der Waals surface area contributed by atoms with Gasteiger partial charge in [-0.1, -0.05) is 0 Å². The van der Waals surface area contributed by atoms with E-state index in [1.807, 2.05) is 0 Å². The van der Waals surface area contributed by atoms with Crippen LogP contribution in [0.4, 0.5) is 0 Å². The number of aliphatic hydroxyl groups is 1. The van der Waals surface area contributed by atoms with Crippen molar-refractivity contribution >= 4 is 19.5 Å². The van der Waals surface area contributed by atoms with Gasteiger partial charge >= 0.3 is 7.82 Å². The molecule has 19 heavy (non-hydrogen) atoms. The lowest BCUT2D eigenvalue weighted by atomic mass is 10.1. The van der Waals surface area contributed by atoms with Crippen LogP contribution in [0.15, 0.2) is 12.3 Å². The molecule has 0 radical (unpaired) electrons. The van der Waals surface area contributed by atoms with Crippen LogP contribution in [0.5, 0.6) is 0 Å². The quantitative estimate of drug-likeness (QED) is 0.200. The number of phosphoric acid groups is 1. The van der Waals surface area contributed by atoms with Crippen LogP contribution < -0.4 is 16.8 Å². The van der Waals surface area contributed by atoms with Crippen LogP contribution in [0.1, 0.15) is 0 Å². The number of hydrogen-bond donors (Lipinski definition) is 6. The summed E-state index contributed by atoms with van der Waals surface area (Å²) >= 11 is 0. The number of nitrogens with one attached hydrogen (secondary N) is 1. The number of carbonyl (C=O) groups excluding carboxylic acids is 2. The molecule has 11 heteroatoms. The molecule has 0 saturated carbocycles. The predicted molar refractivity (Wildman–Crippen MR) is 63.3 cm³/mol. The van der Waals surface area contributed by atoms with Crippen molar-refractivity contribution in [3.63, 3.8) is 0 Å². The average molecular weight is 297 g/mol. The molecule has 0 fully saturated rings. The zero-order chi connectivity index (χ0) is 15.1. The number of ketones is 1. The first-order valence-electron chi connectivity index (χ1n) is 5.02. The molecule has 0 aliphatic heterocycles. The monoisotopic (exact) mass is 297 g/mol. The van der Waals surface area contributed by atoms with Crippen LogP contribution in [-0.2, 0) is 18.7 Å². The maximum absolute atomic E-state index is 11.4. The van der Waals surface area contributed by atoms with Gasteiger partial charge in [0.25, 0.3) is 5.91 Å². The maximum Gasteiger partial charge on any atom is 0.469 e. The molecule has 0 heterocycles. The summed E-state index contributed by atoms with van der Waals surface area (Å²) in [4.78, 5) is 39.5. The molecule has 0 aromatic carbocycles. The van der Waals surface area contributed by atoms with Crippen molar-refractivity contribution in [2.75, 3.05) is 13.2 Å². The number of amides is 1. The minimum atomic E-state index is -4.79. The molecule has 0 aliphatic rings. The molecule has 8 N–H and O–H groups in total. The van der Waals surface area contributed by atoms with Crippen molar-refractivity contribution in [2.24, 2.45) is 11.5 Å². The molecule has 0 aliphatic carbocycles. The second-order valence-corrected chi connectivity index (χ2v) is 4.60. The first-order valence-corrected chi connectivity index (χ1v) is 6.55. The van der Waals surface area contributed by atoms with E-state index in [4.69, 9.17) is 21.3 Å². The fraction of sp³-hybridized carbons (Fsp3) is 0.500. The second kappa shape index (κ2) is 8.00. The molecule has 1 amide bonds. The predicted octanol–water partition coefficient (Wildman–Crippen LogP) is -3.06. The van der Waals surface area contributed by atoms with Gasteiger partial charge in [-0.15, -0.1) is 0 Å². The molecule has 0 bridgehead atoms. The van der Waals surface area contributed by atoms with Crippen LogP contribution in [0.3, 0.4) is 0 Å². The Hall–Kier alpha value is -1.29. The summed E-state index contributed by atoms with van der Waals surface area (Å²) in [5, 5.41) is 11.3. The first kappa shape index (κ1) is 17.7. The third-order valence-electron chi connectivity index (χ3n) is 1.86. The van der Waals surface area contributed by atoms with Gasteiger partial charge in [0.1, 0.15) is 6.04 Å². The van der Waals surface area contributed by atoms with Crippen LogP contribution in [0, 0.1) is 0 Å². The van der Waals surface area contributed by atoms with Gasteiger partial charge in [-0.3, -0.25) is 14.1 Å². The van der Waals surface area contributed by atoms with Crippen LogP contribution >= 0.6 is 7.82 Å². The number of hydrogen-bond acceptors (Lipinski definition) is 7. The minimum Gasteiger partial charge on any atom is -0.404 e. The van der Waals surface area contributed by atoms with Gasteiger partial charge in [-0.2, -0.15) is 0 Å². The number of nitrogens with two attached hydrogens (primary N) is 2. The minimum absolute atomic E-state index is 0.235. The molecule has 0 aromatic rings. The maximum atomic E-state index is 11.4. The van der Waals surface area contributed by atoms with E-state index < -0.39 is 38.3 Å². The highest BCUT2D eigenvalue weighted by atomic mass is 31.2. The topological polar surface area (TPSA) is 185 Å². The summed E-state index contributed by atoms with van der Waals surface area (Å²) in [6.45, 7) is -1.16. The van der Waals surface area contributed by atoms with Gasteiger partial charge in [-0.05, 0) is 12.3 Å². The molecular formula is C8H16N3O7P. The fourth-order valence-corrected chi connectivity index (χ4v) is 1.30. The Morgan fingerprint density at radius 2 is 2.00 bits per heavy atom. The van der Waals surface area contributed by atoms with Gasteiger partial charge in [0, 0.05) is 6.54 Å². The number of aliphatic hydroxyl groups excluding tert-OH is 1. The zero-order valence-electron chi connectivity index (χ0n) is 9.80. The average Bonchev–Trinajstić information content (AvgIpc) is 2.31. The van der Waals surface area contributed by atoms with Gasteiger partial charge in [0.15, 0.2) is 11.9 Å². The largest absolute Gasteiger partial charge is 0.469 e. The van der Waals surface area contributed by atoms with Gasteiger partial charge < -0.3 is 31.7 Å². The first-order chi connectivity index (χ1) is 8.71. The van der Waals surface area contributed by atoms with E-state index in [-0.39, 0.29) is 6.54 Å². The second-order valence-electron chi connectivity index (χ2n) is 3.36. The molecular weight excluding hydrogens is 281 g/mol. The number of rotatable bonds is 8. The molecule has 0 saturated heterocycles. The standard InChI is InChI=1S/C8H16N3O7P/c9-2-1-6(12)5(3-10)11-8(14)7(13)4-18-19(15,16)17/h1-2,5,7,13H,3-4,9-10H2,(H,11,14)(H2,15,16,17)/b2-1-/t5-,7+/m0/s1. The molecule has 10 nitrogen and oxygen atoms in total. The van der Waals surface area contributed by atoms with Crippen molar-refractivity contribution in [2.45, 2.75) is 12.1 Å². The fourth-order valence-electron chi connectivity index (χ4n) is 0.969. The van der Waals surface area contributed by atoms with Gasteiger partial charge in [-0.25, -0.2) is 4.57 Å². The highest BCUT2D eigenvalue weighted by Crippen LogP contribution is 2.35. The Balaban J connectivity index is 4.41. The zero-order valence-corrected chi connectivity index (χ0v) is 10.7. The van der Waals surface area contributed by atoms with E-state index >= 15 is 0 Å². The third kappa shape index (κ3) is 7.67. The normalized spacial score (nSPS) is 15.2. The summed E-state index contributed by atoms with van der Waals surface area (Å²) in [7, 11) is -4.79. The van der Waals surface area contributed by atoms with E-state index in [2.05, 4.69) is 9.84 Å². The SMILES string of the molecule is N/C=C\C(=O)[C@H](CN)NC(=O)[C@H](O)COP(=O)(O)O. The van der Waals surface area contributed by atoms with Crippen LogP contribution in [0.25, 0.3) is 0 Å². The van der Waals surface area contributed by atoms with Crippen molar-refractivity contribution in [1.29, 1.82) is 0 Å². The Morgan fingerprint density at radius 1 is 1.42 bits per heavy atom. The Kier molecular flexibility index (Phi) is 7.45. The van der Waals surface area contributed by atoms with Crippen LogP contribution in [-0.4, -0.2) is 51.9 Å². The lowest BCUT2D eigenvalue weighted by molar-refractivity contribution is -0.133. The van der Waals surface area contributed by atoms with Crippen molar-refractivity contribution in [3.8, 4) is 0 Å². The number of phosphoric ester groups is 1. The molecule has 0 aromatic heterocycles.